The van der Waals surface area contributed by atoms with Crippen LogP contribution in [-0.2, 0) is 0 Å². The fraction of sp³-hybridized carbons (Fsp3) is 0.792. The molecule has 9 atom stereocenters. The lowest BCUT2D eigenvalue weighted by Crippen LogP contribution is -2.67. The van der Waals surface area contributed by atoms with Crippen LogP contribution in [-0.4, -0.2) is 43.8 Å². The van der Waals surface area contributed by atoms with Gasteiger partial charge in [-0.25, -0.2) is 4.79 Å². The molecule has 166 valence electrons. The van der Waals surface area contributed by atoms with E-state index in [-0.39, 0.29) is 23.2 Å². The summed E-state index contributed by atoms with van der Waals surface area (Å²) in [5.41, 5.74) is -2.47. The summed E-state index contributed by atoms with van der Waals surface area (Å²) in [5.74, 6) is -0.150. The summed E-state index contributed by atoms with van der Waals surface area (Å²) in [6.45, 7) is 4.22. The van der Waals surface area contributed by atoms with Gasteiger partial charge in [0.25, 0.3) is 0 Å². The van der Waals surface area contributed by atoms with Gasteiger partial charge in [-0.1, -0.05) is 13.8 Å². The fourth-order valence-corrected chi connectivity index (χ4v) is 8.38. The first-order valence-electron chi connectivity index (χ1n) is 11.4. The van der Waals surface area contributed by atoms with E-state index in [1.165, 1.54) is 12.3 Å². The molecule has 0 spiro atoms. The van der Waals surface area contributed by atoms with Gasteiger partial charge in [0, 0.05) is 30.2 Å². The molecule has 4 N–H and O–H groups in total. The molecule has 1 aromatic rings. The van der Waals surface area contributed by atoms with Crippen LogP contribution in [0.25, 0.3) is 0 Å². The first kappa shape index (κ1) is 20.7. The minimum atomic E-state index is -1.05. The van der Waals surface area contributed by atoms with Crippen LogP contribution in [0.15, 0.2) is 27.6 Å². The van der Waals surface area contributed by atoms with Crippen molar-refractivity contribution in [3.8, 4) is 0 Å². The van der Waals surface area contributed by atoms with E-state index in [2.05, 4.69) is 13.8 Å². The Kier molecular flexibility index (Phi) is 4.42. The molecule has 0 aromatic carbocycles. The first-order valence-corrected chi connectivity index (χ1v) is 11.4. The number of fused-ring (bicyclic) bond motifs is 5. The third-order valence-electron chi connectivity index (χ3n) is 10.1. The van der Waals surface area contributed by atoms with Crippen molar-refractivity contribution in [1.29, 1.82) is 0 Å². The molecule has 1 heterocycles. The topological polar surface area (TPSA) is 111 Å². The second kappa shape index (κ2) is 6.41. The minimum Gasteiger partial charge on any atom is -0.431 e. The molecule has 6 nitrogen and oxygen atoms in total. The average Bonchev–Trinajstić information content (AvgIpc) is 2.89. The minimum absolute atomic E-state index is 0.00728. The van der Waals surface area contributed by atoms with E-state index >= 15 is 0 Å². The molecular weight excluding hydrogens is 384 g/mol. The Balaban J connectivity index is 1.53. The first-order chi connectivity index (χ1) is 14.0. The molecule has 0 saturated heterocycles. The van der Waals surface area contributed by atoms with Crippen LogP contribution in [0, 0.1) is 22.7 Å². The van der Waals surface area contributed by atoms with Crippen molar-refractivity contribution >= 4 is 0 Å². The molecule has 6 heteroatoms. The molecule has 4 aliphatic rings. The lowest BCUT2D eigenvalue weighted by Gasteiger charge is -2.65. The SMILES string of the molecule is CC12CCC(O)CC1(O)CCC1C2CCC2(C)C(c3ccc(=O)oc3)C(O)CC12O. The highest BCUT2D eigenvalue weighted by Gasteiger charge is 2.71. The number of hydrogen-bond acceptors (Lipinski definition) is 6. The Morgan fingerprint density at radius 3 is 2.33 bits per heavy atom. The van der Waals surface area contributed by atoms with E-state index in [0.29, 0.717) is 32.1 Å². The molecule has 0 aliphatic heterocycles. The van der Waals surface area contributed by atoms with Gasteiger partial charge in [0.2, 0.25) is 0 Å². The predicted molar refractivity (Wildman–Crippen MR) is 110 cm³/mol. The summed E-state index contributed by atoms with van der Waals surface area (Å²) in [5, 5.41) is 45.0. The zero-order valence-corrected chi connectivity index (χ0v) is 17.9. The summed E-state index contributed by atoms with van der Waals surface area (Å²) in [7, 11) is 0. The Morgan fingerprint density at radius 1 is 0.933 bits per heavy atom. The third kappa shape index (κ3) is 2.48. The highest BCUT2D eigenvalue weighted by molar-refractivity contribution is 5.30. The monoisotopic (exact) mass is 418 g/mol. The van der Waals surface area contributed by atoms with Crippen LogP contribution >= 0.6 is 0 Å². The van der Waals surface area contributed by atoms with Crippen molar-refractivity contribution in [3.63, 3.8) is 0 Å². The van der Waals surface area contributed by atoms with E-state index in [4.69, 9.17) is 4.42 Å². The van der Waals surface area contributed by atoms with Gasteiger partial charge >= 0.3 is 5.63 Å². The fourth-order valence-electron chi connectivity index (χ4n) is 8.38. The van der Waals surface area contributed by atoms with Gasteiger partial charge in [0.05, 0.1) is 29.7 Å². The molecular formula is C24H34O6. The van der Waals surface area contributed by atoms with Gasteiger partial charge in [-0.15, -0.1) is 0 Å². The van der Waals surface area contributed by atoms with Gasteiger partial charge in [-0.05, 0) is 67.4 Å². The van der Waals surface area contributed by atoms with E-state index in [1.807, 2.05) is 0 Å². The second-order valence-electron chi connectivity index (χ2n) is 11.1. The van der Waals surface area contributed by atoms with Crippen LogP contribution in [0.4, 0.5) is 0 Å². The second-order valence-corrected chi connectivity index (χ2v) is 11.1. The Hall–Kier alpha value is -1.21. The standard InChI is InChI=1S/C24H34O6/c1-21-8-5-15(25)11-23(21,28)10-7-17-16(21)6-9-22(2)20(18(26)12-24(17,22)29)14-3-4-19(27)30-13-14/h3-4,13,15-18,20,25-26,28-29H,5-12H2,1-2H3. The van der Waals surface area contributed by atoms with Crippen LogP contribution in [0.3, 0.4) is 0 Å². The largest absolute Gasteiger partial charge is 0.431 e. The number of aliphatic hydroxyl groups excluding tert-OH is 2. The number of aliphatic hydroxyl groups is 4. The zero-order chi connectivity index (χ0) is 21.5. The zero-order valence-electron chi connectivity index (χ0n) is 17.9. The smallest absolute Gasteiger partial charge is 0.335 e. The molecule has 4 aliphatic carbocycles. The summed E-state index contributed by atoms with van der Waals surface area (Å²) in [4.78, 5) is 11.4. The lowest BCUT2D eigenvalue weighted by molar-refractivity contribution is -0.253. The summed E-state index contributed by atoms with van der Waals surface area (Å²) in [6, 6.07) is 3.09. The van der Waals surface area contributed by atoms with Gasteiger partial charge in [0.1, 0.15) is 0 Å². The van der Waals surface area contributed by atoms with Crippen molar-refractivity contribution < 1.29 is 24.8 Å². The lowest BCUT2D eigenvalue weighted by atomic mass is 9.42. The molecule has 1 aromatic heterocycles. The maximum Gasteiger partial charge on any atom is 0.335 e. The summed E-state index contributed by atoms with van der Waals surface area (Å²) < 4.78 is 5.09. The van der Waals surface area contributed by atoms with Gasteiger partial charge in [-0.2, -0.15) is 0 Å². The highest BCUT2D eigenvalue weighted by Crippen LogP contribution is 2.71. The molecule has 4 saturated carbocycles. The van der Waals surface area contributed by atoms with Crippen molar-refractivity contribution in [2.24, 2.45) is 22.7 Å². The molecule has 30 heavy (non-hydrogen) atoms. The summed E-state index contributed by atoms with van der Waals surface area (Å²) in [6.07, 6.45) is 5.29. The van der Waals surface area contributed by atoms with Crippen molar-refractivity contribution in [2.75, 3.05) is 0 Å². The highest BCUT2D eigenvalue weighted by atomic mass is 16.4. The maximum absolute atomic E-state index is 12.2. The molecule has 0 bridgehead atoms. The van der Waals surface area contributed by atoms with Crippen LogP contribution in [0.1, 0.15) is 76.7 Å². The number of hydrogen-bond donors (Lipinski definition) is 4. The van der Waals surface area contributed by atoms with E-state index in [0.717, 1.165) is 24.8 Å². The maximum atomic E-state index is 12.2. The van der Waals surface area contributed by atoms with Crippen LogP contribution in [0.2, 0.25) is 0 Å². The molecule has 9 unspecified atom stereocenters. The van der Waals surface area contributed by atoms with E-state index in [1.54, 1.807) is 6.07 Å². The van der Waals surface area contributed by atoms with Crippen molar-refractivity contribution in [2.45, 2.75) is 94.5 Å². The van der Waals surface area contributed by atoms with E-state index in [9.17, 15) is 25.2 Å². The Labute approximate surface area is 176 Å². The third-order valence-corrected chi connectivity index (χ3v) is 10.1. The molecule has 5 rings (SSSR count). The predicted octanol–water partition coefficient (Wildman–Crippen LogP) is 2.33. The molecule has 4 fully saturated rings. The van der Waals surface area contributed by atoms with Crippen LogP contribution in [0.5, 0.6) is 0 Å². The average molecular weight is 419 g/mol. The van der Waals surface area contributed by atoms with Crippen molar-refractivity contribution in [3.05, 3.63) is 34.4 Å². The number of rotatable bonds is 1. The van der Waals surface area contributed by atoms with Crippen LogP contribution < -0.4 is 5.63 Å². The quantitative estimate of drug-likeness (QED) is 0.557. The Bertz CT molecular complexity index is 877. The van der Waals surface area contributed by atoms with Gasteiger partial charge in [0.15, 0.2) is 0 Å². The Morgan fingerprint density at radius 2 is 1.63 bits per heavy atom. The normalized spacial score (nSPS) is 52.9. The summed E-state index contributed by atoms with van der Waals surface area (Å²) >= 11 is 0. The van der Waals surface area contributed by atoms with Gasteiger partial charge in [-0.3, -0.25) is 0 Å². The van der Waals surface area contributed by atoms with E-state index < -0.39 is 34.5 Å². The molecule has 0 radical (unpaired) electrons. The van der Waals surface area contributed by atoms with Gasteiger partial charge < -0.3 is 24.8 Å². The molecule has 0 amide bonds. The van der Waals surface area contributed by atoms with Crippen molar-refractivity contribution in [1.82, 2.24) is 0 Å².